The minimum Gasteiger partial charge on any atom is -0.486 e. The van der Waals surface area contributed by atoms with Crippen LogP contribution in [0.1, 0.15) is 13.8 Å². The standard InChI is InChI=1S/C10H12BrNO3/c1-5(2)15-10-8(11)6(12)3-7-9(10)14-4-13-7/h3,5H,4,12H2,1-2H3. The monoisotopic (exact) mass is 273 g/mol. The predicted octanol–water partition coefficient (Wildman–Crippen LogP) is 2.55. The van der Waals surface area contributed by atoms with Gasteiger partial charge in [-0.2, -0.15) is 0 Å². The van der Waals surface area contributed by atoms with E-state index >= 15 is 0 Å². The fourth-order valence-corrected chi connectivity index (χ4v) is 1.74. The van der Waals surface area contributed by atoms with Crippen molar-refractivity contribution in [2.45, 2.75) is 20.0 Å². The smallest absolute Gasteiger partial charge is 0.231 e. The van der Waals surface area contributed by atoms with Gasteiger partial charge in [0.25, 0.3) is 0 Å². The molecule has 0 aromatic heterocycles. The van der Waals surface area contributed by atoms with E-state index < -0.39 is 0 Å². The molecule has 1 aliphatic heterocycles. The lowest BCUT2D eigenvalue weighted by Crippen LogP contribution is -2.07. The molecule has 4 nitrogen and oxygen atoms in total. The average Bonchev–Trinajstić information content (AvgIpc) is 2.59. The van der Waals surface area contributed by atoms with Gasteiger partial charge in [0, 0.05) is 6.07 Å². The fourth-order valence-electron chi connectivity index (χ4n) is 1.35. The van der Waals surface area contributed by atoms with Gasteiger partial charge in [0.15, 0.2) is 11.5 Å². The van der Waals surface area contributed by atoms with Crippen LogP contribution in [0.2, 0.25) is 0 Å². The Balaban J connectivity index is 2.50. The van der Waals surface area contributed by atoms with Gasteiger partial charge in [-0.3, -0.25) is 0 Å². The molecule has 15 heavy (non-hydrogen) atoms. The number of halogens is 1. The van der Waals surface area contributed by atoms with Gasteiger partial charge in [-0.1, -0.05) is 0 Å². The van der Waals surface area contributed by atoms with Crippen molar-refractivity contribution in [3.63, 3.8) is 0 Å². The van der Waals surface area contributed by atoms with Crippen molar-refractivity contribution in [2.24, 2.45) is 0 Å². The van der Waals surface area contributed by atoms with Crippen molar-refractivity contribution in [1.29, 1.82) is 0 Å². The van der Waals surface area contributed by atoms with E-state index in [0.29, 0.717) is 27.4 Å². The molecule has 1 aromatic rings. The van der Waals surface area contributed by atoms with Gasteiger partial charge in [-0.15, -0.1) is 0 Å². The molecule has 5 heteroatoms. The number of hydrogen-bond donors (Lipinski definition) is 1. The molecule has 1 heterocycles. The second kappa shape index (κ2) is 3.81. The number of benzene rings is 1. The molecule has 2 N–H and O–H groups in total. The zero-order valence-electron chi connectivity index (χ0n) is 8.54. The first-order chi connectivity index (χ1) is 7.09. The van der Waals surface area contributed by atoms with Crippen molar-refractivity contribution in [3.05, 3.63) is 10.5 Å². The lowest BCUT2D eigenvalue weighted by Gasteiger charge is -2.14. The SMILES string of the molecule is CC(C)Oc1c(Br)c(N)cc2c1OCO2. The van der Waals surface area contributed by atoms with Crippen molar-refractivity contribution in [2.75, 3.05) is 12.5 Å². The van der Waals surface area contributed by atoms with Crippen LogP contribution in [-0.2, 0) is 0 Å². The Bertz CT molecular complexity index is 393. The number of nitrogens with two attached hydrogens (primary N) is 1. The topological polar surface area (TPSA) is 53.7 Å². The lowest BCUT2D eigenvalue weighted by atomic mass is 10.2. The van der Waals surface area contributed by atoms with Crippen LogP contribution in [0.15, 0.2) is 10.5 Å². The van der Waals surface area contributed by atoms with Gasteiger partial charge < -0.3 is 19.9 Å². The lowest BCUT2D eigenvalue weighted by molar-refractivity contribution is 0.165. The number of ether oxygens (including phenoxy) is 3. The van der Waals surface area contributed by atoms with E-state index in [9.17, 15) is 0 Å². The minimum absolute atomic E-state index is 0.0522. The average molecular weight is 274 g/mol. The van der Waals surface area contributed by atoms with Crippen molar-refractivity contribution < 1.29 is 14.2 Å². The van der Waals surface area contributed by atoms with Crippen LogP contribution in [0.5, 0.6) is 17.2 Å². The van der Waals surface area contributed by atoms with Crippen LogP contribution >= 0.6 is 15.9 Å². The molecule has 0 fully saturated rings. The summed E-state index contributed by atoms with van der Waals surface area (Å²) in [4.78, 5) is 0. The van der Waals surface area contributed by atoms with Crippen LogP contribution in [-0.4, -0.2) is 12.9 Å². The van der Waals surface area contributed by atoms with Gasteiger partial charge in [-0.05, 0) is 29.8 Å². The number of fused-ring (bicyclic) bond motifs is 1. The highest BCUT2D eigenvalue weighted by Gasteiger charge is 2.24. The van der Waals surface area contributed by atoms with Crippen LogP contribution in [0.3, 0.4) is 0 Å². The summed E-state index contributed by atoms with van der Waals surface area (Å²) in [5.41, 5.74) is 6.39. The summed E-state index contributed by atoms with van der Waals surface area (Å²) >= 11 is 3.38. The predicted molar refractivity (Wildman–Crippen MR) is 60.4 cm³/mol. The number of nitrogen functional groups attached to an aromatic ring is 1. The Labute approximate surface area is 96.4 Å². The molecule has 2 rings (SSSR count). The van der Waals surface area contributed by atoms with Crippen molar-refractivity contribution in [3.8, 4) is 17.2 Å². The summed E-state index contributed by atoms with van der Waals surface area (Å²) in [5.74, 6) is 1.86. The van der Waals surface area contributed by atoms with Crippen LogP contribution < -0.4 is 19.9 Å². The molecule has 0 radical (unpaired) electrons. The molecule has 0 spiro atoms. The van der Waals surface area contributed by atoms with E-state index in [-0.39, 0.29) is 12.9 Å². The third kappa shape index (κ3) is 1.84. The Morgan fingerprint density at radius 2 is 2.20 bits per heavy atom. The number of hydrogen-bond acceptors (Lipinski definition) is 4. The van der Waals surface area contributed by atoms with Gasteiger partial charge in [0.1, 0.15) is 0 Å². The van der Waals surface area contributed by atoms with Gasteiger partial charge in [0.2, 0.25) is 12.5 Å². The molecule has 0 saturated carbocycles. The summed E-state index contributed by atoms with van der Waals surface area (Å²) in [6.45, 7) is 4.09. The van der Waals surface area contributed by atoms with E-state index in [0.717, 1.165) is 0 Å². The molecule has 0 unspecified atom stereocenters. The molecular weight excluding hydrogens is 262 g/mol. The van der Waals surface area contributed by atoms with Crippen molar-refractivity contribution >= 4 is 21.6 Å². The highest BCUT2D eigenvalue weighted by Crippen LogP contribution is 2.48. The van der Waals surface area contributed by atoms with Crippen LogP contribution in [0.25, 0.3) is 0 Å². The zero-order valence-corrected chi connectivity index (χ0v) is 10.1. The fraction of sp³-hybridized carbons (Fsp3) is 0.400. The quantitative estimate of drug-likeness (QED) is 0.842. The third-order valence-corrected chi connectivity index (χ3v) is 2.76. The summed E-state index contributed by atoms with van der Waals surface area (Å²) < 4.78 is 16.9. The summed E-state index contributed by atoms with van der Waals surface area (Å²) in [6, 6.07) is 1.72. The first kappa shape index (κ1) is 10.4. The molecule has 0 atom stereocenters. The molecule has 82 valence electrons. The van der Waals surface area contributed by atoms with Gasteiger partial charge in [0.05, 0.1) is 16.3 Å². The Hall–Kier alpha value is -1.10. The van der Waals surface area contributed by atoms with Crippen molar-refractivity contribution in [1.82, 2.24) is 0 Å². The second-order valence-electron chi connectivity index (χ2n) is 3.51. The van der Waals surface area contributed by atoms with Gasteiger partial charge in [-0.25, -0.2) is 0 Å². The molecule has 1 aromatic carbocycles. The first-order valence-electron chi connectivity index (χ1n) is 4.64. The van der Waals surface area contributed by atoms with Crippen LogP contribution in [0.4, 0.5) is 5.69 Å². The number of rotatable bonds is 2. The summed E-state index contributed by atoms with van der Waals surface area (Å²) in [6.07, 6.45) is 0.0522. The Morgan fingerprint density at radius 3 is 2.87 bits per heavy atom. The molecule has 0 bridgehead atoms. The molecule has 0 aliphatic carbocycles. The third-order valence-electron chi connectivity index (χ3n) is 1.94. The van der Waals surface area contributed by atoms with Gasteiger partial charge >= 0.3 is 0 Å². The highest BCUT2D eigenvalue weighted by molar-refractivity contribution is 9.10. The summed E-state index contributed by atoms with van der Waals surface area (Å²) in [7, 11) is 0. The van der Waals surface area contributed by atoms with E-state index in [1.807, 2.05) is 13.8 Å². The number of anilines is 1. The molecular formula is C10H12BrNO3. The zero-order chi connectivity index (χ0) is 11.0. The normalized spacial score (nSPS) is 13.3. The highest BCUT2D eigenvalue weighted by atomic mass is 79.9. The summed E-state index contributed by atoms with van der Waals surface area (Å²) in [5, 5.41) is 0. The van der Waals surface area contributed by atoms with E-state index in [1.54, 1.807) is 6.07 Å². The van der Waals surface area contributed by atoms with E-state index in [1.165, 1.54) is 0 Å². The maximum absolute atomic E-state index is 5.81. The molecule has 1 aliphatic rings. The van der Waals surface area contributed by atoms with Crippen LogP contribution in [0, 0.1) is 0 Å². The van der Waals surface area contributed by atoms with E-state index in [4.69, 9.17) is 19.9 Å². The minimum atomic E-state index is 0.0522. The van der Waals surface area contributed by atoms with E-state index in [2.05, 4.69) is 15.9 Å². The maximum Gasteiger partial charge on any atom is 0.231 e. The molecule has 0 saturated heterocycles. The second-order valence-corrected chi connectivity index (χ2v) is 4.30. The first-order valence-corrected chi connectivity index (χ1v) is 5.43. The maximum atomic E-state index is 5.81. The Kier molecular flexibility index (Phi) is 2.65. The molecule has 0 amide bonds. The Morgan fingerprint density at radius 1 is 1.47 bits per heavy atom. The largest absolute Gasteiger partial charge is 0.486 e.